The van der Waals surface area contributed by atoms with E-state index in [9.17, 15) is 19.2 Å². The van der Waals surface area contributed by atoms with Gasteiger partial charge in [0.05, 0.1) is 19.2 Å². The van der Waals surface area contributed by atoms with E-state index in [1.807, 2.05) is 6.07 Å². The Bertz CT molecular complexity index is 1290. The number of primary amides is 1. The van der Waals surface area contributed by atoms with Crippen LogP contribution in [0.25, 0.3) is 10.9 Å². The molecule has 3 aromatic rings. The lowest BCUT2D eigenvalue weighted by molar-refractivity contribution is -0.116. The van der Waals surface area contributed by atoms with Crippen molar-refractivity contribution in [2.75, 3.05) is 19.0 Å². The van der Waals surface area contributed by atoms with Crippen molar-refractivity contribution < 1.29 is 28.3 Å². The molecule has 2 aromatic heterocycles. The minimum Gasteiger partial charge on any atom is -0.495 e. The molecule has 168 valence electrons. The van der Waals surface area contributed by atoms with Gasteiger partial charge >= 0.3 is 5.97 Å². The Labute approximate surface area is 182 Å². The van der Waals surface area contributed by atoms with Crippen molar-refractivity contribution in [3.63, 3.8) is 0 Å². The van der Waals surface area contributed by atoms with E-state index in [0.717, 1.165) is 10.9 Å². The van der Waals surface area contributed by atoms with Gasteiger partial charge in [0.1, 0.15) is 29.2 Å². The van der Waals surface area contributed by atoms with Gasteiger partial charge in [0, 0.05) is 11.5 Å². The fourth-order valence-electron chi connectivity index (χ4n) is 3.52. The molecule has 0 unspecified atom stereocenters. The molecule has 0 aliphatic heterocycles. The highest BCUT2D eigenvalue weighted by Gasteiger charge is 2.29. The van der Waals surface area contributed by atoms with Crippen molar-refractivity contribution in [2.24, 2.45) is 5.73 Å². The Morgan fingerprint density at radius 3 is 2.53 bits per heavy atom. The molecule has 32 heavy (non-hydrogen) atoms. The van der Waals surface area contributed by atoms with Gasteiger partial charge in [0.2, 0.25) is 11.8 Å². The van der Waals surface area contributed by atoms with Gasteiger partial charge in [0.15, 0.2) is 0 Å². The first-order valence-corrected chi connectivity index (χ1v) is 9.76. The number of fused-ring (bicyclic) bond motifs is 1. The average Bonchev–Trinajstić information content (AvgIpc) is 3.06. The molecule has 0 spiro atoms. The van der Waals surface area contributed by atoms with Crippen LogP contribution in [0.1, 0.15) is 39.0 Å². The molecule has 0 saturated heterocycles. The first kappa shape index (κ1) is 22.6. The minimum absolute atomic E-state index is 0.0622. The number of pyridine rings is 1. The van der Waals surface area contributed by atoms with Crippen LogP contribution in [0.5, 0.6) is 5.75 Å². The van der Waals surface area contributed by atoms with Crippen molar-refractivity contribution >= 4 is 34.6 Å². The predicted octanol–water partition coefficient (Wildman–Crippen LogP) is 2.13. The number of methoxy groups -OCH3 is 1. The summed E-state index contributed by atoms with van der Waals surface area (Å²) in [5, 5.41) is 3.17. The Balaban J connectivity index is 2.01. The quantitative estimate of drug-likeness (QED) is 0.535. The number of aromatic nitrogens is 1. The van der Waals surface area contributed by atoms with E-state index >= 15 is 0 Å². The number of carbonyl (C=O) groups is 3. The minimum atomic E-state index is -0.972. The van der Waals surface area contributed by atoms with Crippen molar-refractivity contribution in [2.45, 2.75) is 27.3 Å². The lowest BCUT2D eigenvalue weighted by Gasteiger charge is -2.14. The molecule has 3 N–H and O–H groups in total. The van der Waals surface area contributed by atoms with Gasteiger partial charge in [0.25, 0.3) is 11.5 Å². The smallest absolute Gasteiger partial charge is 0.342 e. The third kappa shape index (κ3) is 4.07. The Hall–Kier alpha value is -4.08. The number of benzene rings is 1. The topological polar surface area (TPSA) is 143 Å². The standard InChI is InChI=1S/C22H23N3O7/c1-5-31-22(29)17-12(3)32-21(18(17)20(23)28)24-15(26)10-25-16(27)9-11(2)13-7-6-8-14(30-4)19(13)25/h6-9H,5,10H2,1-4H3,(H2,23,28)(H,24,26). The van der Waals surface area contributed by atoms with Crippen LogP contribution in [0.15, 0.2) is 33.5 Å². The average molecular weight is 441 g/mol. The second kappa shape index (κ2) is 8.96. The number of hydrogen-bond donors (Lipinski definition) is 2. The Morgan fingerprint density at radius 2 is 1.91 bits per heavy atom. The van der Waals surface area contributed by atoms with Crippen LogP contribution < -0.4 is 21.3 Å². The molecular weight excluding hydrogens is 418 g/mol. The van der Waals surface area contributed by atoms with E-state index in [1.165, 1.54) is 24.7 Å². The van der Waals surface area contributed by atoms with E-state index < -0.39 is 29.9 Å². The van der Waals surface area contributed by atoms with Crippen LogP contribution in [-0.2, 0) is 16.1 Å². The summed E-state index contributed by atoms with van der Waals surface area (Å²) in [6.45, 7) is 4.52. The number of aryl methyl sites for hydroxylation is 2. The number of rotatable bonds is 7. The van der Waals surface area contributed by atoms with Crippen LogP contribution in [0.3, 0.4) is 0 Å². The normalized spacial score (nSPS) is 10.8. The molecule has 0 radical (unpaired) electrons. The molecule has 0 fully saturated rings. The van der Waals surface area contributed by atoms with E-state index in [0.29, 0.717) is 11.3 Å². The van der Waals surface area contributed by atoms with Crippen molar-refractivity contribution in [1.29, 1.82) is 0 Å². The zero-order valence-electron chi connectivity index (χ0n) is 18.1. The maximum atomic E-state index is 12.8. The molecular formula is C22H23N3O7. The van der Waals surface area contributed by atoms with Gasteiger partial charge < -0.3 is 19.6 Å². The summed E-state index contributed by atoms with van der Waals surface area (Å²) in [6.07, 6.45) is 0. The summed E-state index contributed by atoms with van der Waals surface area (Å²) in [5.41, 5.74) is 5.73. The Kier molecular flexibility index (Phi) is 6.33. The molecule has 1 aromatic carbocycles. The molecule has 10 nitrogen and oxygen atoms in total. The van der Waals surface area contributed by atoms with Crippen molar-refractivity contribution in [3.8, 4) is 5.75 Å². The first-order valence-electron chi connectivity index (χ1n) is 9.76. The third-order valence-electron chi connectivity index (χ3n) is 4.88. The van der Waals surface area contributed by atoms with Gasteiger partial charge in [-0.3, -0.25) is 24.3 Å². The second-order valence-electron chi connectivity index (χ2n) is 6.98. The summed E-state index contributed by atoms with van der Waals surface area (Å²) in [4.78, 5) is 49.7. The van der Waals surface area contributed by atoms with E-state index in [4.69, 9.17) is 19.6 Å². The lowest BCUT2D eigenvalue weighted by atomic mass is 10.1. The number of para-hydroxylation sites is 1. The highest BCUT2D eigenvalue weighted by Crippen LogP contribution is 2.29. The maximum Gasteiger partial charge on any atom is 0.342 e. The number of nitrogens with one attached hydrogen (secondary N) is 1. The second-order valence-corrected chi connectivity index (χ2v) is 6.98. The van der Waals surface area contributed by atoms with Crippen molar-refractivity contribution in [1.82, 2.24) is 4.57 Å². The predicted molar refractivity (Wildman–Crippen MR) is 116 cm³/mol. The number of ether oxygens (including phenoxy) is 2. The largest absolute Gasteiger partial charge is 0.495 e. The number of nitrogens with zero attached hydrogens (tertiary/aromatic N) is 1. The molecule has 2 heterocycles. The Morgan fingerprint density at radius 1 is 1.19 bits per heavy atom. The zero-order chi connectivity index (χ0) is 23.6. The molecule has 0 aliphatic carbocycles. The van der Waals surface area contributed by atoms with Crippen LogP contribution in [0, 0.1) is 13.8 Å². The van der Waals surface area contributed by atoms with Gasteiger partial charge in [-0.1, -0.05) is 12.1 Å². The van der Waals surface area contributed by atoms with Crippen LogP contribution >= 0.6 is 0 Å². The van der Waals surface area contributed by atoms with Gasteiger partial charge in [-0.15, -0.1) is 0 Å². The maximum absolute atomic E-state index is 12.8. The molecule has 2 amide bonds. The summed E-state index contributed by atoms with van der Waals surface area (Å²) in [7, 11) is 1.47. The highest BCUT2D eigenvalue weighted by atomic mass is 16.5. The molecule has 0 bridgehead atoms. The molecule has 0 saturated carbocycles. The third-order valence-corrected chi connectivity index (χ3v) is 4.88. The SMILES string of the molecule is CCOC(=O)c1c(C)oc(NC(=O)Cn2c(=O)cc(C)c3cccc(OC)c32)c1C(N)=O. The van der Waals surface area contributed by atoms with E-state index in [-0.39, 0.29) is 29.4 Å². The number of hydrogen-bond acceptors (Lipinski definition) is 7. The van der Waals surface area contributed by atoms with Crippen LogP contribution in [-0.4, -0.2) is 36.1 Å². The van der Waals surface area contributed by atoms with Crippen molar-refractivity contribution in [3.05, 3.63) is 57.1 Å². The van der Waals surface area contributed by atoms with Crippen LogP contribution in [0.2, 0.25) is 0 Å². The number of furan rings is 1. The number of amides is 2. The molecule has 0 atom stereocenters. The van der Waals surface area contributed by atoms with E-state index in [1.54, 1.807) is 26.0 Å². The van der Waals surface area contributed by atoms with Crippen LogP contribution in [0.4, 0.5) is 5.88 Å². The lowest BCUT2D eigenvalue weighted by Crippen LogP contribution is -2.29. The monoisotopic (exact) mass is 441 g/mol. The number of carbonyl (C=O) groups excluding carboxylic acids is 3. The molecule has 0 aliphatic rings. The summed E-state index contributed by atoms with van der Waals surface area (Å²) < 4.78 is 17.0. The fraction of sp³-hybridized carbons (Fsp3) is 0.273. The number of esters is 1. The fourth-order valence-corrected chi connectivity index (χ4v) is 3.52. The summed E-state index contributed by atoms with van der Waals surface area (Å²) in [5.74, 6) is -2.25. The highest BCUT2D eigenvalue weighted by molar-refractivity contribution is 6.10. The molecule has 10 heteroatoms. The summed E-state index contributed by atoms with van der Waals surface area (Å²) >= 11 is 0. The van der Waals surface area contributed by atoms with E-state index in [2.05, 4.69) is 5.32 Å². The molecule has 3 rings (SSSR count). The van der Waals surface area contributed by atoms with Gasteiger partial charge in [-0.2, -0.15) is 0 Å². The number of nitrogens with two attached hydrogens (primary N) is 1. The number of anilines is 1. The zero-order valence-corrected chi connectivity index (χ0v) is 18.1. The first-order chi connectivity index (χ1) is 15.2. The van der Waals surface area contributed by atoms with Gasteiger partial charge in [-0.25, -0.2) is 4.79 Å². The van der Waals surface area contributed by atoms with Gasteiger partial charge in [-0.05, 0) is 32.4 Å². The summed E-state index contributed by atoms with van der Waals surface area (Å²) in [6, 6.07) is 6.70.